The summed E-state index contributed by atoms with van der Waals surface area (Å²) in [7, 11) is 0. The number of amides is 1. The van der Waals surface area contributed by atoms with E-state index in [0.29, 0.717) is 18.7 Å². The minimum atomic E-state index is -0.343. The average molecular weight is 356 g/mol. The molecular weight excluding hydrogens is 339 g/mol. The lowest BCUT2D eigenvalue weighted by Crippen LogP contribution is -2.41. The Morgan fingerprint density at radius 1 is 1.20 bits per heavy atom. The van der Waals surface area contributed by atoms with E-state index in [1.165, 1.54) is 24.3 Å². The van der Waals surface area contributed by atoms with E-state index in [1.54, 1.807) is 16.2 Å². The SMILES string of the molecule is Cc1cnc(-c2ncc3n2CCN(C(=O)c2ccc(F)cc2)C3C)s1. The Labute approximate surface area is 148 Å². The quantitative estimate of drug-likeness (QED) is 0.704. The highest BCUT2D eigenvalue weighted by atomic mass is 32.1. The Balaban J connectivity index is 1.63. The summed E-state index contributed by atoms with van der Waals surface area (Å²) in [5.74, 6) is 0.421. The van der Waals surface area contributed by atoms with Crippen LogP contribution in [-0.2, 0) is 6.54 Å². The van der Waals surface area contributed by atoms with Crippen molar-refractivity contribution in [3.05, 3.63) is 58.6 Å². The summed E-state index contributed by atoms with van der Waals surface area (Å²) in [5, 5.41) is 0.897. The molecule has 1 aliphatic heterocycles. The second kappa shape index (κ2) is 6.07. The van der Waals surface area contributed by atoms with Crippen LogP contribution in [0.2, 0.25) is 0 Å². The van der Waals surface area contributed by atoms with Crippen molar-refractivity contribution in [1.82, 2.24) is 19.4 Å². The van der Waals surface area contributed by atoms with E-state index in [9.17, 15) is 9.18 Å². The Hall–Kier alpha value is -2.54. The van der Waals surface area contributed by atoms with Gasteiger partial charge >= 0.3 is 0 Å². The molecule has 25 heavy (non-hydrogen) atoms. The molecule has 0 fully saturated rings. The number of fused-ring (bicyclic) bond motifs is 1. The fourth-order valence-corrected chi connectivity index (χ4v) is 3.95. The van der Waals surface area contributed by atoms with E-state index in [4.69, 9.17) is 0 Å². The van der Waals surface area contributed by atoms with E-state index in [0.717, 1.165) is 21.4 Å². The first-order valence-corrected chi connectivity index (χ1v) is 8.91. The van der Waals surface area contributed by atoms with Crippen molar-refractivity contribution < 1.29 is 9.18 Å². The lowest BCUT2D eigenvalue weighted by molar-refractivity contribution is 0.0645. The largest absolute Gasteiger partial charge is 0.329 e. The van der Waals surface area contributed by atoms with Gasteiger partial charge in [0.2, 0.25) is 0 Å². The van der Waals surface area contributed by atoms with Gasteiger partial charge in [0, 0.05) is 29.7 Å². The zero-order valence-electron chi connectivity index (χ0n) is 13.9. The van der Waals surface area contributed by atoms with Crippen molar-refractivity contribution >= 4 is 17.2 Å². The minimum Gasteiger partial charge on any atom is -0.329 e. The summed E-state index contributed by atoms with van der Waals surface area (Å²) in [6.45, 7) is 5.26. The predicted octanol–water partition coefficient (Wildman–Crippen LogP) is 3.67. The summed E-state index contributed by atoms with van der Waals surface area (Å²) in [5.41, 5.74) is 1.49. The van der Waals surface area contributed by atoms with Crippen LogP contribution in [0.25, 0.3) is 10.8 Å². The molecule has 0 spiro atoms. The lowest BCUT2D eigenvalue weighted by atomic mass is 10.1. The third-order valence-corrected chi connectivity index (χ3v) is 5.42. The van der Waals surface area contributed by atoms with Gasteiger partial charge in [-0.25, -0.2) is 14.4 Å². The van der Waals surface area contributed by atoms with Crippen LogP contribution in [0.5, 0.6) is 0 Å². The second-order valence-electron chi connectivity index (χ2n) is 6.12. The number of halogens is 1. The van der Waals surface area contributed by atoms with Crippen LogP contribution in [0, 0.1) is 12.7 Å². The van der Waals surface area contributed by atoms with Gasteiger partial charge < -0.3 is 9.47 Å². The number of aryl methyl sites for hydroxylation is 1. The zero-order chi connectivity index (χ0) is 17.6. The molecule has 5 nitrogen and oxygen atoms in total. The van der Waals surface area contributed by atoms with Gasteiger partial charge in [0.15, 0.2) is 10.8 Å². The molecule has 4 rings (SSSR count). The Morgan fingerprint density at radius 3 is 2.64 bits per heavy atom. The van der Waals surface area contributed by atoms with Crippen molar-refractivity contribution in [3.8, 4) is 10.8 Å². The first-order chi connectivity index (χ1) is 12.0. The lowest BCUT2D eigenvalue weighted by Gasteiger charge is -2.35. The summed E-state index contributed by atoms with van der Waals surface area (Å²) in [4.78, 5) is 24.7. The topological polar surface area (TPSA) is 51.0 Å². The average Bonchev–Trinajstić information content (AvgIpc) is 3.21. The molecule has 7 heteroatoms. The number of rotatable bonds is 2. The van der Waals surface area contributed by atoms with E-state index in [1.807, 2.05) is 26.2 Å². The van der Waals surface area contributed by atoms with E-state index >= 15 is 0 Å². The van der Waals surface area contributed by atoms with Crippen LogP contribution >= 0.6 is 11.3 Å². The van der Waals surface area contributed by atoms with Crippen molar-refractivity contribution in [3.63, 3.8) is 0 Å². The molecule has 1 amide bonds. The minimum absolute atomic E-state index is 0.0911. The van der Waals surface area contributed by atoms with Gasteiger partial charge in [0.1, 0.15) is 5.82 Å². The maximum Gasteiger partial charge on any atom is 0.254 e. The van der Waals surface area contributed by atoms with Crippen molar-refractivity contribution in [1.29, 1.82) is 0 Å². The molecule has 1 unspecified atom stereocenters. The fraction of sp³-hybridized carbons (Fsp3) is 0.278. The monoisotopic (exact) mass is 356 g/mol. The van der Waals surface area contributed by atoms with E-state index in [2.05, 4.69) is 14.5 Å². The van der Waals surface area contributed by atoms with Gasteiger partial charge in [0.05, 0.1) is 17.9 Å². The van der Waals surface area contributed by atoms with E-state index < -0.39 is 0 Å². The molecule has 0 aliphatic carbocycles. The van der Waals surface area contributed by atoms with Crippen molar-refractivity contribution in [2.24, 2.45) is 0 Å². The molecule has 1 aliphatic rings. The Kier molecular flexibility index (Phi) is 3.88. The second-order valence-corrected chi connectivity index (χ2v) is 7.35. The van der Waals surface area contributed by atoms with Crippen LogP contribution in [-0.4, -0.2) is 31.9 Å². The number of aromatic nitrogens is 3. The van der Waals surface area contributed by atoms with Crippen LogP contribution in [0.3, 0.4) is 0 Å². The van der Waals surface area contributed by atoms with Crippen LogP contribution in [0.15, 0.2) is 36.7 Å². The van der Waals surface area contributed by atoms with Gasteiger partial charge in [-0.05, 0) is 38.1 Å². The standard InChI is InChI=1S/C18H17FN4OS/c1-11-9-21-17(25-11)16-20-10-15-12(2)22(7-8-23(15)16)18(24)13-3-5-14(19)6-4-13/h3-6,9-10,12H,7-8H2,1-2H3. The normalized spacial score (nSPS) is 16.8. The molecule has 0 bridgehead atoms. The molecule has 0 radical (unpaired) electrons. The van der Waals surface area contributed by atoms with Gasteiger partial charge in [-0.3, -0.25) is 4.79 Å². The van der Waals surface area contributed by atoms with Gasteiger partial charge in [0.25, 0.3) is 5.91 Å². The van der Waals surface area contributed by atoms with E-state index in [-0.39, 0.29) is 17.8 Å². The molecule has 0 saturated heterocycles. The van der Waals surface area contributed by atoms with Crippen LogP contribution in [0.1, 0.15) is 33.9 Å². The Morgan fingerprint density at radius 2 is 1.96 bits per heavy atom. The number of benzene rings is 1. The molecule has 3 aromatic rings. The molecule has 128 valence electrons. The molecular formula is C18H17FN4OS. The molecule has 2 aromatic heterocycles. The summed E-state index contributed by atoms with van der Waals surface area (Å²) in [6.07, 6.45) is 3.67. The number of hydrogen-bond acceptors (Lipinski definition) is 4. The number of nitrogens with zero attached hydrogens (tertiary/aromatic N) is 4. The Bertz CT molecular complexity index is 931. The molecule has 0 saturated carbocycles. The summed E-state index contributed by atoms with van der Waals surface area (Å²) >= 11 is 1.61. The number of hydrogen-bond donors (Lipinski definition) is 0. The number of thiazole rings is 1. The predicted molar refractivity (Wildman–Crippen MR) is 93.9 cm³/mol. The number of imidazole rings is 1. The first kappa shape index (κ1) is 16.0. The smallest absolute Gasteiger partial charge is 0.254 e. The van der Waals surface area contributed by atoms with Crippen LogP contribution < -0.4 is 0 Å². The number of carbonyl (C=O) groups excluding carboxylic acids is 1. The molecule has 1 atom stereocenters. The number of carbonyl (C=O) groups is 1. The van der Waals surface area contributed by atoms with Gasteiger partial charge in [-0.2, -0.15) is 0 Å². The molecule has 1 aromatic carbocycles. The first-order valence-electron chi connectivity index (χ1n) is 8.09. The van der Waals surface area contributed by atoms with Crippen LogP contribution in [0.4, 0.5) is 4.39 Å². The van der Waals surface area contributed by atoms with Crippen molar-refractivity contribution in [2.45, 2.75) is 26.4 Å². The molecule has 0 N–H and O–H groups in total. The fourth-order valence-electron chi connectivity index (χ4n) is 3.18. The molecule has 3 heterocycles. The maximum atomic E-state index is 13.1. The van der Waals surface area contributed by atoms with Gasteiger partial charge in [-0.1, -0.05) is 0 Å². The maximum absolute atomic E-state index is 13.1. The highest BCUT2D eigenvalue weighted by Gasteiger charge is 2.31. The van der Waals surface area contributed by atoms with Gasteiger partial charge in [-0.15, -0.1) is 11.3 Å². The third-order valence-electron chi connectivity index (χ3n) is 4.51. The van der Waals surface area contributed by atoms with Crippen molar-refractivity contribution in [2.75, 3.05) is 6.54 Å². The highest BCUT2D eigenvalue weighted by Crippen LogP contribution is 2.32. The zero-order valence-corrected chi connectivity index (χ0v) is 14.8. The highest BCUT2D eigenvalue weighted by molar-refractivity contribution is 7.14. The third kappa shape index (κ3) is 2.74. The summed E-state index contributed by atoms with van der Waals surface area (Å²) < 4.78 is 15.2. The summed E-state index contributed by atoms with van der Waals surface area (Å²) in [6, 6.07) is 5.58.